The molecular weight excluding hydrogens is 174 g/mol. The fraction of sp³-hybridized carbons (Fsp3) is 0.250. The van der Waals surface area contributed by atoms with Crippen LogP contribution in [0.25, 0.3) is 6.08 Å². The average molecular weight is 183 g/mol. The molecule has 12 heavy (non-hydrogen) atoms. The second kappa shape index (κ2) is 4.77. The van der Waals surface area contributed by atoms with E-state index in [-0.39, 0.29) is 5.12 Å². The molecule has 0 aromatic carbocycles. The number of aromatic nitrogens is 1. The Morgan fingerprint density at radius 1 is 1.83 bits per heavy atom. The normalized spacial score (nSPS) is 10.8. The van der Waals surface area contributed by atoms with Crippen molar-refractivity contribution >= 4 is 23.0 Å². The molecule has 1 aromatic rings. The van der Waals surface area contributed by atoms with Gasteiger partial charge in [-0.25, -0.2) is 0 Å². The van der Waals surface area contributed by atoms with Crippen LogP contribution in [-0.2, 0) is 4.79 Å². The molecule has 1 aromatic heterocycles. The molecule has 0 aliphatic heterocycles. The number of hydrogen-bond acceptors (Lipinski definition) is 4. The molecule has 1 rings (SSSR count). The standard InChI is InChI=1S/C8H9NO2S/c1-7(10)12-4-2-3-8-5-9-11-6-8/h2-3,5-6H,4H2,1H3. The minimum atomic E-state index is 0.130. The summed E-state index contributed by atoms with van der Waals surface area (Å²) in [4.78, 5) is 10.5. The Bertz CT molecular complexity index is 267. The van der Waals surface area contributed by atoms with Gasteiger partial charge in [0, 0.05) is 18.2 Å². The van der Waals surface area contributed by atoms with Gasteiger partial charge in [-0.1, -0.05) is 29.1 Å². The first-order valence-electron chi connectivity index (χ1n) is 3.48. The van der Waals surface area contributed by atoms with E-state index >= 15 is 0 Å². The minimum absolute atomic E-state index is 0.130. The Morgan fingerprint density at radius 2 is 2.67 bits per heavy atom. The zero-order chi connectivity index (χ0) is 8.81. The summed E-state index contributed by atoms with van der Waals surface area (Å²) < 4.78 is 4.62. The third kappa shape index (κ3) is 3.39. The second-order valence-electron chi connectivity index (χ2n) is 2.16. The van der Waals surface area contributed by atoms with Crippen LogP contribution >= 0.6 is 11.8 Å². The van der Waals surface area contributed by atoms with E-state index in [2.05, 4.69) is 9.68 Å². The van der Waals surface area contributed by atoms with Gasteiger partial charge in [-0.2, -0.15) is 0 Å². The summed E-state index contributed by atoms with van der Waals surface area (Å²) in [5, 5.41) is 3.67. The van der Waals surface area contributed by atoms with Crippen molar-refractivity contribution in [3.63, 3.8) is 0 Å². The van der Waals surface area contributed by atoms with Crippen LogP contribution < -0.4 is 0 Å². The highest BCUT2D eigenvalue weighted by Crippen LogP contribution is 2.04. The minimum Gasteiger partial charge on any atom is -0.364 e. The smallest absolute Gasteiger partial charge is 0.186 e. The third-order valence-corrected chi connectivity index (χ3v) is 1.91. The van der Waals surface area contributed by atoms with Crippen LogP contribution in [-0.4, -0.2) is 16.0 Å². The van der Waals surface area contributed by atoms with E-state index in [0.717, 1.165) is 5.56 Å². The monoisotopic (exact) mass is 183 g/mol. The maximum absolute atomic E-state index is 10.5. The summed E-state index contributed by atoms with van der Waals surface area (Å²) in [6.45, 7) is 1.55. The van der Waals surface area contributed by atoms with Crippen molar-refractivity contribution in [2.24, 2.45) is 0 Å². The van der Waals surface area contributed by atoms with Crippen molar-refractivity contribution in [3.05, 3.63) is 24.1 Å². The largest absolute Gasteiger partial charge is 0.364 e. The lowest BCUT2D eigenvalue weighted by molar-refractivity contribution is -0.109. The molecule has 0 aliphatic rings. The highest BCUT2D eigenvalue weighted by Gasteiger charge is 1.90. The van der Waals surface area contributed by atoms with Gasteiger partial charge in [0.2, 0.25) is 0 Å². The van der Waals surface area contributed by atoms with Crippen LogP contribution in [0.5, 0.6) is 0 Å². The SMILES string of the molecule is CC(=O)SCC=Cc1cnoc1. The molecule has 0 unspecified atom stereocenters. The highest BCUT2D eigenvalue weighted by atomic mass is 32.2. The molecule has 1 heterocycles. The average Bonchev–Trinajstić information content (AvgIpc) is 2.49. The molecule has 0 radical (unpaired) electrons. The van der Waals surface area contributed by atoms with E-state index in [1.54, 1.807) is 19.4 Å². The van der Waals surface area contributed by atoms with E-state index in [0.29, 0.717) is 5.75 Å². The zero-order valence-corrected chi connectivity index (χ0v) is 7.50. The zero-order valence-electron chi connectivity index (χ0n) is 6.69. The maximum Gasteiger partial charge on any atom is 0.186 e. The van der Waals surface area contributed by atoms with Crippen molar-refractivity contribution in [3.8, 4) is 0 Å². The van der Waals surface area contributed by atoms with Crippen molar-refractivity contribution in [2.75, 3.05) is 5.75 Å². The first kappa shape index (κ1) is 9.06. The summed E-state index contributed by atoms with van der Waals surface area (Å²) in [5.41, 5.74) is 0.916. The predicted octanol–water partition coefficient (Wildman–Crippen LogP) is 1.97. The molecule has 4 heteroatoms. The van der Waals surface area contributed by atoms with Gasteiger partial charge in [-0.05, 0) is 0 Å². The second-order valence-corrected chi connectivity index (χ2v) is 3.36. The highest BCUT2D eigenvalue weighted by molar-refractivity contribution is 8.13. The molecule has 0 spiro atoms. The number of carbonyl (C=O) groups excluding carboxylic acids is 1. The molecule has 0 aliphatic carbocycles. The van der Waals surface area contributed by atoms with Crippen LogP contribution in [0.2, 0.25) is 0 Å². The number of hydrogen-bond donors (Lipinski definition) is 0. The van der Waals surface area contributed by atoms with Gasteiger partial charge < -0.3 is 4.52 Å². The fourth-order valence-corrected chi connectivity index (χ4v) is 1.07. The summed E-state index contributed by atoms with van der Waals surface area (Å²) in [6.07, 6.45) is 6.94. The van der Waals surface area contributed by atoms with E-state index in [4.69, 9.17) is 0 Å². The molecule has 0 atom stereocenters. The Hall–Kier alpha value is -1.03. The first-order valence-corrected chi connectivity index (χ1v) is 4.47. The van der Waals surface area contributed by atoms with Crippen LogP contribution in [0.4, 0.5) is 0 Å². The lowest BCUT2D eigenvalue weighted by atomic mass is 10.3. The summed E-state index contributed by atoms with van der Waals surface area (Å²) in [7, 11) is 0. The summed E-state index contributed by atoms with van der Waals surface area (Å²) in [5.74, 6) is 0.695. The number of thioether (sulfide) groups is 1. The number of nitrogens with zero attached hydrogens (tertiary/aromatic N) is 1. The molecule has 0 N–H and O–H groups in total. The maximum atomic E-state index is 10.5. The van der Waals surface area contributed by atoms with Gasteiger partial charge in [0.1, 0.15) is 6.26 Å². The topological polar surface area (TPSA) is 43.1 Å². The van der Waals surface area contributed by atoms with Gasteiger partial charge in [0.25, 0.3) is 0 Å². The molecule has 0 saturated heterocycles. The van der Waals surface area contributed by atoms with Crippen LogP contribution in [0.15, 0.2) is 23.1 Å². The Morgan fingerprint density at radius 3 is 3.25 bits per heavy atom. The van der Waals surface area contributed by atoms with Crippen LogP contribution in [0.1, 0.15) is 12.5 Å². The fourth-order valence-electron chi connectivity index (χ4n) is 0.645. The first-order chi connectivity index (χ1) is 5.79. The number of carbonyl (C=O) groups is 1. The number of rotatable bonds is 3. The molecule has 64 valence electrons. The van der Waals surface area contributed by atoms with Crippen molar-refractivity contribution < 1.29 is 9.32 Å². The molecule has 0 saturated carbocycles. The molecule has 0 amide bonds. The van der Waals surface area contributed by atoms with Crippen LogP contribution in [0, 0.1) is 0 Å². The van der Waals surface area contributed by atoms with Gasteiger partial charge in [0.05, 0.1) is 6.20 Å². The quantitative estimate of drug-likeness (QED) is 0.718. The van der Waals surface area contributed by atoms with Gasteiger partial charge >= 0.3 is 0 Å². The van der Waals surface area contributed by atoms with Gasteiger partial charge in [-0.15, -0.1) is 0 Å². The predicted molar refractivity (Wildman–Crippen MR) is 48.7 cm³/mol. The van der Waals surface area contributed by atoms with Crippen LogP contribution in [0.3, 0.4) is 0 Å². The molecule has 3 nitrogen and oxygen atoms in total. The Kier molecular flexibility index (Phi) is 3.60. The van der Waals surface area contributed by atoms with Crippen molar-refractivity contribution in [1.29, 1.82) is 0 Å². The lowest BCUT2D eigenvalue weighted by Gasteiger charge is -1.86. The molecular formula is C8H9NO2S. The lowest BCUT2D eigenvalue weighted by Crippen LogP contribution is -1.80. The van der Waals surface area contributed by atoms with E-state index < -0.39 is 0 Å². The van der Waals surface area contributed by atoms with Gasteiger partial charge in [0.15, 0.2) is 5.12 Å². The van der Waals surface area contributed by atoms with Crippen molar-refractivity contribution in [1.82, 2.24) is 5.16 Å². The Labute approximate surface area is 74.8 Å². The summed E-state index contributed by atoms with van der Waals surface area (Å²) in [6, 6.07) is 0. The van der Waals surface area contributed by atoms with E-state index in [1.807, 2.05) is 12.2 Å². The van der Waals surface area contributed by atoms with Gasteiger partial charge in [-0.3, -0.25) is 4.79 Å². The molecule has 0 bridgehead atoms. The summed E-state index contributed by atoms with van der Waals surface area (Å²) >= 11 is 1.28. The van der Waals surface area contributed by atoms with Crippen molar-refractivity contribution in [2.45, 2.75) is 6.92 Å². The third-order valence-electron chi connectivity index (χ3n) is 1.14. The van der Waals surface area contributed by atoms with E-state index in [1.165, 1.54) is 11.8 Å². The molecule has 0 fully saturated rings. The van der Waals surface area contributed by atoms with E-state index in [9.17, 15) is 4.79 Å². The Balaban J connectivity index is 2.27.